The van der Waals surface area contributed by atoms with Crippen molar-refractivity contribution in [2.24, 2.45) is 11.3 Å². The Morgan fingerprint density at radius 1 is 1.24 bits per heavy atom. The molecule has 1 aliphatic heterocycles. The number of hydrogen-bond acceptors (Lipinski definition) is 5. The highest BCUT2D eigenvalue weighted by atomic mass is 16.5. The van der Waals surface area contributed by atoms with E-state index < -0.39 is 0 Å². The van der Waals surface area contributed by atoms with Crippen LogP contribution in [0.5, 0.6) is 0 Å². The summed E-state index contributed by atoms with van der Waals surface area (Å²) in [5.74, 6) is 0.642. The predicted octanol–water partition coefficient (Wildman–Crippen LogP) is 2.58. The normalized spacial score (nSPS) is 21.8. The molecule has 3 rings (SSSR count). The van der Waals surface area contributed by atoms with Crippen molar-refractivity contribution in [3.63, 3.8) is 0 Å². The maximum atomic E-state index is 12.4. The molecule has 1 saturated carbocycles. The van der Waals surface area contributed by atoms with E-state index in [4.69, 9.17) is 4.74 Å². The lowest BCUT2D eigenvalue weighted by molar-refractivity contribution is -0.143. The van der Waals surface area contributed by atoms with E-state index in [0.717, 1.165) is 25.1 Å². The van der Waals surface area contributed by atoms with Crippen LogP contribution in [0.3, 0.4) is 0 Å². The highest BCUT2D eigenvalue weighted by molar-refractivity contribution is 5.89. The molecule has 1 atom stereocenters. The van der Waals surface area contributed by atoms with E-state index in [2.05, 4.69) is 15.3 Å². The van der Waals surface area contributed by atoms with Gasteiger partial charge >= 0.3 is 12.0 Å². The second-order valence-electron chi connectivity index (χ2n) is 8.10. The molecule has 1 spiro atoms. The predicted molar refractivity (Wildman–Crippen MR) is 93.1 cm³/mol. The van der Waals surface area contributed by atoms with E-state index in [1.165, 1.54) is 7.11 Å². The molecule has 0 bridgehead atoms. The number of piperidine rings is 1. The number of aromatic nitrogens is 2. The molecule has 2 amide bonds. The van der Waals surface area contributed by atoms with Crippen LogP contribution in [-0.2, 0) is 14.9 Å². The van der Waals surface area contributed by atoms with Crippen LogP contribution in [0.15, 0.2) is 12.4 Å². The Bertz CT molecular complexity index is 658. The molecular formula is C18H26N4O3. The largest absolute Gasteiger partial charge is 0.469 e. The molecule has 7 heteroatoms. The Labute approximate surface area is 148 Å². The molecule has 0 aromatic carbocycles. The topological polar surface area (TPSA) is 84.4 Å². The van der Waals surface area contributed by atoms with Gasteiger partial charge in [-0.1, -0.05) is 20.8 Å². The first-order valence-corrected chi connectivity index (χ1v) is 8.71. The smallest absolute Gasteiger partial charge is 0.321 e. The van der Waals surface area contributed by atoms with E-state index in [1.54, 1.807) is 17.3 Å². The lowest BCUT2D eigenvalue weighted by Gasteiger charge is -2.32. The fourth-order valence-corrected chi connectivity index (χ4v) is 3.51. The van der Waals surface area contributed by atoms with Crippen molar-refractivity contribution < 1.29 is 14.3 Å². The minimum absolute atomic E-state index is 0.0149. The quantitative estimate of drug-likeness (QED) is 0.832. The maximum absolute atomic E-state index is 12.4. The summed E-state index contributed by atoms with van der Waals surface area (Å²) < 4.78 is 4.84. The zero-order valence-corrected chi connectivity index (χ0v) is 15.3. The van der Waals surface area contributed by atoms with E-state index in [0.29, 0.717) is 18.8 Å². The van der Waals surface area contributed by atoms with Gasteiger partial charge < -0.3 is 15.0 Å². The summed E-state index contributed by atoms with van der Waals surface area (Å²) >= 11 is 0. The third-order valence-corrected chi connectivity index (χ3v) is 5.30. The van der Waals surface area contributed by atoms with Gasteiger partial charge in [0.15, 0.2) is 0 Å². The molecule has 2 heterocycles. The fourth-order valence-electron chi connectivity index (χ4n) is 3.51. The number of amides is 2. The Kier molecular flexibility index (Phi) is 4.43. The molecule has 1 aliphatic carbocycles. The zero-order chi connectivity index (χ0) is 18.2. The summed E-state index contributed by atoms with van der Waals surface area (Å²) in [6, 6.07) is -0.141. The van der Waals surface area contributed by atoms with Crippen LogP contribution in [0, 0.1) is 11.3 Å². The summed E-state index contributed by atoms with van der Waals surface area (Å²) in [6.45, 7) is 7.44. The van der Waals surface area contributed by atoms with Gasteiger partial charge in [0.05, 0.1) is 31.1 Å². The average Bonchev–Trinajstić information content (AvgIpc) is 3.27. The van der Waals surface area contributed by atoms with Crippen LogP contribution in [-0.4, -0.2) is 47.1 Å². The number of carbonyl (C=O) groups excluding carboxylic acids is 2. The molecular weight excluding hydrogens is 320 g/mol. The second-order valence-corrected chi connectivity index (χ2v) is 8.10. The van der Waals surface area contributed by atoms with Crippen LogP contribution in [0.25, 0.3) is 0 Å². The summed E-state index contributed by atoms with van der Waals surface area (Å²) in [6.07, 6.45) is 5.87. The van der Waals surface area contributed by atoms with Crippen molar-refractivity contribution in [2.45, 2.75) is 45.4 Å². The number of ether oxygens (including phenoxy) is 1. The second kappa shape index (κ2) is 6.28. The number of nitrogens with one attached hydrogen (secondary N) is 1. The monoisotopic (exact) mass is 346 g/mol. The van der Waals surface area contributed by atoms with Crippen molar-refractivity contribution in [3.8, 4) is 0 Å². The molecule has 1 saturated heterocycles. The van der Waals surface area contributed by atoms with Crippen LogP contribution < -0.4 is 5.32 Å². The molecule has 25 heavy (non-hydrogen) atoms. The van der Waals surface area contributed by atoms with Crippen molar-refractivity contribution >= 4 is 17.7 Å². The van der Waals surface area contributed by atoms with E-state index >= 15 is 0 Å². The van der Waals surface area contributed by atoms with E-state index in [-0.39, 0.29) is 28.7 Å². The van der Waals surface area contributed by atoms with Crippen molar-refractivity contribution in [2.75, 3.05) is 25.5 Å². The number of carbonyl (C=O) groups is 2. The van der Waals surface area contributed by atoms with Crippen molar-refractivity contribution in [1.29, 1.82) is 0 Å². The minimum atomic E-state index is -0.141. The van der Waals surface area contributed by atoms with Gasteiger partial charge in [-0.05, 0) is 24.7 Å². The number of anilines is 1. The van der Waals surface area contributed by atoms with Gasteiger partial charge in [-0.3, -0.25) is 4.79 Å². The maximum Gasteiger partial charge on any atom is 0.321 e. The van der Waals surface area contributed by atoms with E-state index in [9.17, 15) is 9.59 Å². The van der Waals surface area contributed by atoms with Crippen molar-refractivity contribution in [1.82, 2.24) is 14.9 Å². The van der Waals surface area contributed by atoms with Crippen LogP contribution in [0.1, 0.15) is 45.9 Å². The molecule has 1 unspecified atom stereocenters. The summed E-state index contributed by atoms with van der Waals surface area (Å²) in [4.78, 5) is 34.5. The number of nitrogens with zero attached hydrogens (tertiary/aromatic N) is 3. The fraction of sp³-hybridized carbons (Fsp3) is 0.667. The minimum Gasteiger partial charge on any atom is -0.469 e. The Morgan fingerprint density at radius 3 is 2.36 bits per heavy atom. The summed E-state index contributed by atoms with van der Waals surface area (Å²) in [5.41, 5.74) is 0.531. The lowest BCUT2D eigenvalue weighted by Crippen LogP contribution is -2.42. The Morgan fingerprint density at radius 2 is 1.84 bits per heavy atom. The number of urea groups is 1. The van der Waals surface area contributed by atoms with Gasteiger partial charge in [0.1, 0.15) is 5.82 Å². The third-order valence-electron chi connectivity index (χ3n) is 5.30. The summed E-state index contributed by atoms with van der Waals surface area (Å²) in [5, 5.41) is 2.85. The molecule has 0 radical (unpaired) electrons. The molecule has 7 nitrogen and oxygen atoms in total. The molecule has 1 aromatic heterocycles. The van der Waals surface area contributed by atoms with Gasteiger partial charge in [-0.15, -0.1) is 0 Å². The Balaban J connectivity index is 1.53. The number of rotatable bonds is 2. The first-order valence-electron chi connectivity index (χ1n) is 8.71. The van der Waals surface area contributed by atoms with Crippen LogP contribution >= 0.6 is 0 Å². The standard InChI is InChI=1S/C18H26N4O3/c1-17(2,3)15-19-10-12(11-20-15)21-16(24)22-7-5-18(6-8-22)9-13(18)14(23)25-4/h10-11,13H,5-9H2,1-4H3,(H,21,24). The van der Waals surface area contributed by atoms with Gasteiger partial charge in [0.25, 0.3) is 0 Å². The number of esters is 1. The SMILES string of the molecule is COC(=O)C1CC12CCN(C(=O)Nc1cnc(C(C)(C)C)nc1)CC2. The van der Waals surface area contributed by atoms with E-state index in [1.807, 2.05) is 20.8 Å². The molecule has 136 valence electrons. The van der Waals surface area contributed by atoms with Crippen LogP contribution in [0.4, 0.5) is 10.5 Å². The molecule has 2 fully saturated rings. The molecule has 2 aliphatic rings. The first kappa shape index (κ1) is 17.6. The van der Waals surface area contributed by atoms with Gasteiger partial charge in [-0.25, -0.2) is 14.8 Å². The van der Waals surface area contributed by atoms with Crippen molar-refractivity contribution in [3.05, 3.63) is 18.2 Å². The lowest BCUT2D eigenvalue weighted by atomic mass is 9.91. The number of likely N-dealkylation sites (tertiary alicyclic amines) is 1. The highest BCUT2D eigenvalue weighted by Gasteiger charge is 2.59. The van der Waals surface area contributed by atoms with Crippen LogP contribution in [0.2, 0.25) is 0 Å². The Hall–Kier alpha value is -2.18. The average molecular weight is 346 g/mol. The molecule has 1 N–H and O–H groups in total. The number of hydrogen-bond donors (Lipinski definition) is 1. The van der Waals surface area contributed by atoms with Gasteiger partial charge in [0.2, 0.25) is 0 Å². The summed E-state index contributed by atoms with van der Waals surface area (Å²) in [7, 11) is 1.43. The zero-order valence-electron chi connectivity index (χ0n) is 15.3. The van der Waals surface area contributed by atoms with Gasteiger partial charge in [0, 0.05) is 18.5 Å². The third kappa shape index (κ3) is 3.60. The molecule has 1 aromatic rings. The van der Waals surface area contributed by atoms with Gasteiger partial charge in [-0.2, -0.15) is 0 Å². The first-order chi connectivity index (χ1) is 11.7. The number of methoxy groups -OCH3 is 1. The highest BCUT2D eigenvalue weighted by Crippen LogP contribution is 2.59.